The van der Waals surface area contributed by atoms with Crippen LogP contribution < -0.4 is 9.80 Å². The van der Waals surface area contributed by atoms with E-state index in [1.165, 1.54) is 44.4 Å². The first kappa shape index (κ1) is 28.6. The van der Waals surface area contributed by atoms with Crippen molar-refractivity contribution in [2.24, 2.45) is 5.92 Å². The molecule has 0 aromatic heterocycles. The van der Waals surface area contributed by atoms with Crippen molar-refractivity contribution in [2.45, 2.75) is 13.3 Å². The molecule has 0 fully saturated rings. The van der Waals surface area contributed by atoms with Gasteiger partial charge in [0.05, 0.1) is 11.4 Å². The minimum atomic E-state index is 0.556. The highest BCUT2D eigenvalue weighted by atomic mass is 15.1. The molecular formula is C45H36N2. The van der Waals surface area contributed by atoms with Gasteiger partial charge in [-0.1, -0.05) is 128 Å². The minimum Gasteiger partial charge on any atom is -0.310 e. The van der Waals surface area contributed by atoms with E-state index >= 15 is 0 Å². The zero-order valence-electron chi connectivity index (χ0n) is 26.5. The number of nitrogens with zero attached hydrogens (tertiary/aromatic N) is 2. The summed E-state index contributed by atoms with van der Waals surface area (Å²) in [6.07, 6.45) is 5.71. The number of hydrogen-bond donors (Lipinski definition) is 0. The van der Waals surface area contributed by atoms with Crippen molar-refractivity contribution < 1.29 is 0 Å². The molecule has 2 nitrogen and oxygen atoms in total. The van der Waals surface area contributed by atoms with E-state index < -0.39 is 0 Å². The third kappa shape index (κ3) is 5.60. The van der Waals surface area contributed by atoms with Crippen molar-refractivity contribution in [3.63, 3.8) is 0 Å². The van der Waals surface area contributed by atoms with Gasteiger partial charge in [-0.15, -0.1) is 0 Å². The lowest BCUT2D eigenvalue weighted by Crippen LogP contribution is -2.14. The molecule has 0 N–H and O–H groups in total. The van der Waals surface area contributed by atoms with Crippen LogP contribution in [0.15, 0.2) is 176 Å². The molecule has 1 atom stereocenters. The second kappa shape index (κ2) is 12.5. The van der Waals surface area contributed by atoms with Gasteiger partial charge in [0.2, 0.25) is 0 Å². The number of hydrogen-bond acceptors (Lipinski definition) is 2. The molecule has 47 heavy (non-hydrogen) atoms. The maximum absolute atomic E-state index is 2.38. The quantitative estimate of drug-likeness (QED) is 0.179. The number of anilines is 6. The SMILES string of the molecule is C[C@H]1C=Cc2c(cccc2N(c2ccccc2)c2ccc(-c3ccc(N(c4ccccc4)c4cccc5ccccc45)cc3)cc2)C1. The van der Waals surface area contributed by atoms with Gasteiger partial charge in [-0.2, -0.15) is 0 Å². The molecule has 2 heteroatoms. The standard InChI is InChI=1S/C45H36N2/c1-33-22-31-43-37(32-33)14-11-21-45(43)47(39-17-6-3-7-18-39)41-29-25-35(26-30-41)34-23-27-40(28-24-34)46(38-15-4-2-5-16-38)44-20-10-13-36-12-8-9-19-42(36)44/h2-31,33H,32H2,1H3/t33-/m0/s1. The smallest absolute Gasteiger partial charge is 0.0540 e. The first-order valence-corrected chi connectivity index (χ1v) is 16.4. The summed E-state index contributed by atoms with van der Waals surface area (Å²) in [6, 6.07) is 61.1. The Balaban J connectivity index is 1.15. The summed E-state index contributed by atoms with van der Waals surface area (Å²) >= 11 is 0. The molecule has 0 saturated carbocycles. The van der Waals surface area contributed by atoms with Gasteiger partial charge in [0.1, 0.15) is 0 Å². The highest BCUT2D eigenvalue weighted by Gasteiger charge is 2.20. The predicted octanol–water partition coefficient (Wildman–Crippen LogP) is 12.7. The zero-order valence-corrected chi connectivity index (χ0v) is 26.5. The molecule has 0 bridgehead atoms. The van der Waals surface area contributed by atoms with Crippen LogP contribution in [0.4, 0.5) is 34.1 Å². The summed E-state index contributed by atoms with van der Waals surface area (Å²) in [5, 5.41) is 2.46. The second-order valence-electron chi connectivity index (χ2n) is 12.3. The monoisotopic (exact) mass is 604 g/mol. The topological polar surface area (TPSA) is 6.48 Å². The van der Waals surface area contributed by atoms with Crippen molar-refractivity contribution >= 4 is 51.0 Å². The first-order chi connectivity index (χ1) is 23.2. The van der Waals surface area contributed by atoms with Gasteiger partial charge in [0.25, 0.3) is 0 Å². The predicted molar refractivity (Wildman–Crippen MR) is 201 cm³/mol. The number of fused-ring (bicyclic) bond motifs is 2. The minimum absolute atomic E-state index is 0.556. The zero-order chi connectivity index (χ0) is 31.6. The fourth-order valence-corrected chi connectivity index (χ4v) is 6.86. The Labute approximate surface area is 277 Å². The van der Waals surface area contributed by atoms with Crippen molar-refractivity contribution in [2.75, 3.05) is 9.80 Å². The van der Waals surface area contributed by atoms with Crippen LogP contribution >= 0.6 is 0 Å². The number of benzene rings is 7. The summed E-state index contributed by atoms with van der Waals surface area (Å²) in [5.41, 5.74) is 12.0. The van der Waals surface area contributed by atoms with Gasteiger partial charge in [0.15, 0.2) is 0 Å². The molecule has 0 spiro atoms. The van der Waals surface area contributed by atoms with Crippen LogP contribution in [0.2, 0.25) is 0 Å². The van der Waals surface area contributed by atoms with E-state index in [0.29, 0.717) is 5.92 Å². The molecule has 1 aliphatic carbocycles. The van der Waals surface area contributed by atoms with E-state index in [1.807, 2.05) is 0 Å². The number of rotatable bonds is 7. The lowest BCUT2D eigenvalue weighted by atomic mass is 9.89. The molecule has 1 aliphatic rings. The van der Waals surface area contributed by atoms with Crippen LogP contribution in [-0.4, -0.2) is 0 Å². The average molecular weight is 605 g/mol. The van der Waals surface area contributed by atoms with Crippen LogP contribution in [-0.2, 0) is 6.42 Å². The normalized spacial score (nSPS) is 13.7. The Morgan fingerprint density at radius 3 is 1.57 bits per heavy atom. The van der Waals surface area contributed by atoms with Gasteiger partial charge in [0, 0.05) is 33.7 Å². The maximum Gasteiger partial charge on any atom is 0.0540 e. The number of allylic oxidation sites excluding steroid dienone is 1. The lowest BCUT2D eigenvalue weighted by molar-refractivity contribution is 0.717. The van der Waals surface area contributed by atoms with Gasteiger partial charge in [-0.25, -0.2) is 0 Å². The van der Waals surface area contributed by atoms with Crippen LogP contribution in [0.1, 0.15) is 18.1 Å². The Kier molecular flexibility index (Phi) is 7.61. The highest BCUT2D eigenvalue weighted by molar-refractivity contribution is 5.99. The molecule has 0 saturated heterocycles. The van der Waals surface area contributed by atoms with Crippen molar-refractivity contribution in [3.05, 3.63) is 187 Å². The van der Waals surface area contributed by atoms with E-state index in [0.717, 1.165) is 29.2 Å². The molecule has 0 amide bonds. The van der Waals surface area contributed by atoms with Crippen LogP contribution in [0.25, 0.3) is 28.0 Å². The van der Waals surface area contributed by atoms with E-state index in [4.69, 9.17) is 0 Å². The van der Waals surface area contributed by atoms with Gasteiger partial charge in [-0.05, 0) is 95.1 Å². The molecule has 0 aliphatic heterocycles. The van der Waals surface area contributed by atoms with Gasteiger partial charge < -0.3 is 9.80 Å². The van der Waals surface area contributed by atoms with Crippen molar-refractivity contribution in [1.29, 1.82) is 0 Å². The Bertz CT molecular complexity index is 2160. The summed E-state index contributed by atoms with van der Waals surface area (Å²) in [7, 11) is 0. The third-order valence-electron chi connectivity index (χ3n) is 9.17. The second-order valence-corrected chi connectivity index (χ2v) is 12.3. The maximum atomic E-state index is 2.38. The van der Waals surface area contributed by atoms with E-state index in [-0.39, 0.29) is 0 Å². The fourth-order valence-electron chi connectivity index (χ4n) is 6.86. The molecule has 226 valence electrons. The van der Waals surface area contributed by atoms with Crippen LogP contribution in [0.3, 0.4) is 0 Å². The molecule has 0 radical (unpaired) electrons. The fraction of sp³-hybridized carbons (Fsp3) is 0.0667. The van der Waals surface area contributed by atoms with E-state index in [9.17, 15) is 0 Å². The Morgan fingerprint density at radius 2 is 0.936 bits per heavy atom. The average Bonchev–Trinajstić information content (AvgIpc) is 3.13. The summed E-state index contributed by atoms with van der Waals surface area (Å²) in [4.78, 5) is 4.73. The van der Waals surface area contributed by atoms with Gasteiger partial charge in [-0.3, -0.25) is 0 Å². The molecule has 7 aromatic carbocycles. The largest absolute Gasteiger partial charge is 0.310 e. The Morgan fingerprint density at radius 1 is 0.447 bits per heavy atom. The van der Waals surface area contributed by atoms with Crippen molar-refractivity contribution in [1.82, 2.24) is 0 Å². The molecule has 0 heterocycles. The van der Waals surface area contributed by atoms with E-state index in [1.54, 1.807) is 0 Å². The van der Waals surface area contributed by atoms with Crippen molar-refractivity contribution in [3.8, 4) is 11.1 Å². The first-order valence-electron chi connectivity index (χ1n) is 16.4. The summed E-state index contributed by atoms with van der Waals surface area (Å²) in [5.74, 6) is 0.556. The lowest BCUT2D eigenvalue weighted by Gasteiger charge is -2.29. The molecule has 7 aromatic rings. The molecule has 0 unspecified atom stereocenters. The van der Waals surface area contributed by atoms with E-state index in [2.05, 4.69) is 199 Å². The van der Waals surface area contributed by atoms with Crippen LogP contribution in [0.5, 0.6) is 0 Å². The highest BCUT2D eigenvalue weighted by Crippen LogP contribution is 2.42. The summed E-state index contributed by atoms with van der Waals surface area (Å²) < 4.78 is 0. The molecule has 8 rings (SSSR count). The molecular weight excluding hydrogens is 569 g/mol. The van der Waals surface area contributed by atoms with Gasteiger partial charge >= 0.3 is 0 Å². The summed E-state index contributed by atoms with van der Waals surface area (Å²) in [6.45, 7) is 2.29. The Hall–Kier alpha value is -5.86. The van der Waals surface area contributed by atoms with Crippen LogP contribution in [0, 0.1) is 5.92 Å². The third-order valence-corrected chi connectivity index (χ3v) is 9.17. The number of para-hydroxylation sites is 2.